The number of nitrogens with one attached hydrogen (secondary N) is 3. The van der Waals surface area contributed by atoms with Crippen LogP contribution in [0.4, 0.5) is 5.69 Å². The van der Waals surface area contributed by atoms with Crippen molar-refractivity contribution < 1.29 is 9.21 Å². The summed E-state index contributed by atoms with van der Waals surface area (Å²) in [6.45, 7) is 1.60. The number of hydrogen-bond acceptors (Lipinski definition) is 3. The normalized spacial score (nSPS) is 14.3. The molecule has 1 aromatic heterocycles. The van der Waals surface area contributed by atoms with Crippen LogP contribution in [0.2, 0.25) is 0 Å². The zero-order chi connectivity index (χ0) is 16.8. The molecular weight excluding hydrogens is 304 g/mol. The number of nitrogens with zero attached hydrogens (tertiary/aromatic N) is 1. The quantitative estimate of drug-likeness (QED) is 0.563. The highest BCUT2D eigenvalue weighted by molar-refractivity contribution is 6.02. The average Bonchev–Trinajstić information content (AvgIpc) is 3.25. The molecule has 1 saturated carbocycles. The van der Waals surface area contributed by atoms with Crippen LogP contribution in [0.3, 0.4) is 0 Å². The Morgan fingerprint density at radius 3 is 2.83 bits per heavy atom. The summed E-state index contributed by atoms with van der Waals surface area (Å²) in [5.74, 6) is 1.63. The lowest BCUT2D eigenvalue weighted by Gasteiger charge is -2.12. The first-order valence-electron chi connectivity index (χ1n) is 8.13. The molecule has 0 aliphatic heterocycles. The first kappa shape index (κ1) is 16.1. The fraction of sp³-hybridized carbons (Fsp3) is 0.333. The molecule has 1 aliphatic rings. The van der Waals surface area contributed by atoms with Crippen molar-refractivity contribution in [3.8, 4) is 0 Å². The van der Waals surface area contributed by atoms with E-state index in [0.717, 1.165) is 29.7 Å². The number of aliphatic imine (C=N–C) groups is 1. The number of benzene rings is 1. The van der Waals surface area contributed by atoms with Gasteiger partial charge in [0.15, 0.2) is 11.7 Å². The molecule has 0 bridgehead atoms. The number of rotatable bonds is 6. The molecule has 2 aromatic rings. The minimum absolute atomic E-state index is 0.257. The van der Waals surface area contributed by atoms with Gasteiger partial charge in [-0.3, -0.25) is 9.79 Å². The van der Waals surface area contributed by atoms with Crippen molar-refractivity contribution in [1.82, 2.24) is 10.6 Å². The standard InChI is InChI=1S/C18H22N4O2/c1-19-18(20-11-13-7-8-13)21-12-14-4-2-5-15(10-14)22-17(23)16-6-3-9-24-16/h2-6,9-10,13H,7-8,11-12H2,1H3,(H,22,23)(H2,19,20,21). The Labute approximate surface area is 141 Å². The van der Waals surface area contributed by atoms with Gasteiger partial charge >= 0.3 is 0 Å². The number of furan rings is 1. The second kappa shape index (κ2) is 7.68. The topological polar surface area (TPSA) is 78.7 Å². The Morgan fingerprint density at radius 2 is 2.12 bits per heavy atom. The Morgan fingerprint density at radius 1 is 1.25 bits per heavy atom. The molecule has 24 heavy (non-hydrogen) atoms. The van der Waals surface area contributed by atoms with Crippen LogP contribution in [-0.2, 0) is 6.54 Å². The summed E-state index contributed by atoms with van der Waals surface area (Å²) >= 11 is 0. The second-order valence-corrected chi connectivity index (χ2v) is 5.88. The maximum atomic E-state index is 12.0. The minimum Gasteiger partial charge on any atom is -0.459 e. The van der Waals surface area contributed by atoms with E-state index < -0.39 is 0 Å². The van der Waals surface area contributed by atoms with E-state index in [1.54, 1.807) is 19.2 Å². The third-order valence-electron chi connectivity index (χ3n) is 3.87. The molecule has 6 nitrogen and oxygen atoms in total. The minimum atomic E-state index is -0.257. The lowest BCUT2D eigenvalue weighted by molar-refractivity contribution is 0.0996. The third kappa shape index (κ3) is 4.62. The highest BCUT2D eigenvalue weighted by atomic mass is 16.3. The summed E-state index contributed by atoms with van der Waals surface area (Å²) in [7, 11) is 1.77. The van der Waals surface area contributed by atoms with Gasteiger partial charge in [0, 0.05) is 25.8 Å². The zero-order valence-electron chi connectivity index (χ0n) is 13.7. The van der Waals surface area contributed by atoms with Crippen LogP contribution in [-0.4, -0.2) is 25.5 Å². The van der Waals surface area contributed by atoms with Crippen LogP contribution in [0.5, 0.6) is 0 Å². The molecule has 0 atom stereocenters. The highest BCUT2D eigenvalue weighted by Crippen LogP contribution is 2.27. The smallest absolute Gasteiger partial charge is 0.291 e. The fourth-order valence-electron chi connectivity index (χ4n) is 2.33. The van der Waals surface area contributed by atoms with Gasteiger partial charge in [0.1, 0.15) is 0 Å². The number of anilines is 1. The molecular formula is C18H22N4O2. The van der Waals surface area contributed by atoms with Gasteiger partial charge in [-0.25, -0.2) is 0 Å². The van der Waals surface area contributed by atoms with Crippen LogP contribution in [0, 0.1) is 5.92 Å². The Kier molecular flexibility index (Phi) is 5.15. The molecule has 0 radical (unpaired) electrons. The van der Waals surface area contributed by atoms with E-state index in [2.05, 4.69) is 20.9 Å². The predicted octanol–water partition coefficient (Wildman–Crippen LogP) is 2.61. The lowest BCUT2D eigenvalue weighted by atomic mass is 10.2. The Bertz CT molecular complexity index is 706. The van der Waals surface area contributed by atoms with E-state index in [4.69, 9.17) is 4.42 Å². The molecule has 0 spiro atoms. The maximum absolute atomic E-state index is 12.0. The van der Waals surface area contributed by atoms with Gasteiger partial charge in [0.25, 0.3) is 5.91 Å². The van der Waals surface area contributed by atoms with Gasteiger partial charge in [0.2, 0.25) is 0 Å². The van der Waals surface area contributed by atoms with E-state index in [-0.39, 0.29) is 5.91 Å². The molecule has 3 rings (SSSR count). The number of carbonyl (C=O) groups excluding carboxylic acids is 1. The van der Waals surface area contributed by atoms with Crippen molar-refractivity contribution in [2.45, 2.75) is 19.4 Å². The molecule has 6 heteroatoms. The van der Waals surface area contributed by atoms with Crippen LogP contribution < -0.4 is 16.0 Å². The molecule has 1 amide bonds. The number of guanidine groups is 1. The molecule has 1 heterocycles. The van der Waals surface area contributed by atoms with Gasteiger partial charge < -0.3 is 20.4 Å². The SMILES string of the molecule is CN=C(NCc1cccc(NC(=O)c2ccco2)c1)NCC1CC1. The van der Waals surface area contributed by atoms with Crippen LogP contribution in [0.1, 0.15) is 29.0 Å². The van der Waals surface area contributed by atoms with Crippen molar-refractivity contribution >= 4 is 17.6 Å². The van der Waals surface area contributed by atoms with Crippen LogP contribution >= 0.6 is 0 Å². The van der Waals surface area contributed by atoms with Gasteiger partial charge in [-0.1, -0.05) is 12.1 Å². The van der Waals surface area contributed by atoms with E-state index in [1.165, 1.54) is 19.1 Å². The van der Waals surface area contributed by atoms with Gasteiger partial charge in [-0.05, 0) is 48.6 Å². The monoisotopic (exact) mass is 326 g/mol. The van der Waals surface area contributed by atoms with Crippen molar-refractivity contribution in [2.75, 3.05) is 18.9 Å². The first-order chi connectivity index (χ1) is 11.7. The van der Waals surface area contributed by atoms with Crippen molar-refractivity contribution in [1.29, 1.82) is 0 Å². The van der Waals surface area contributed by atoms with Crippen LogP contribution in [0.15, 0.2) is 52.1 Å². The van der Waals surface area contributed by atoms with Gasteiger partial charge in [-0.2, -0.15) is 0 Å². The zero-order valence-corrected chi connectivity index (χ0v) is 13.7. The van der Waals surface area contributed by atoms with Gasteiger partial charge in [-0.15, -0.1) is 0 Å². The van der Waals surface area contributed by atoms with Crippen molar-refractivity contribution in [2.24, 2.45) is 10.9 Å². The molecule has 3 N–H and O–H groups in total. The summed E-state index contributed by atoms with van der Waals surface area (Å²) in [6.07, 6.45) is 4.10. The highest BCUT2D eigenvalue weighted by Gasteiger charge is 2.21. The maximum Gasteiger partial charge on any atom is 0.291 e. The van der Waals surface area contributed by atoms with Crippen molar-refractivity contribution in [3.63, 3.8) is 0 Å². The van der Waals surface area contributed by atoms with E-state index in [0.29, 0.717) is 12.3 Å². The van der Waals surface area contributed by atoms with E-state index in [1.807, 2.05) is 24.3 Å². The fourth-order valence-corrected chi connectivity index (χ4v) is 2.33. The van der Waals surface area contributed by atoms with Crippen molar-refractivity contribution in [3.05, 3.63) is 54.0 Å². The largest absolute Gasteiger partial charge is 0.459 e. The molecule has 1 aromatic carbocycles. The summed E-state index contributed by atoms with van der Waals surface area (Å²) in [5, 5.41) is 9.44. The number of amides is 1. The molecule has 126 valence electrons. The molecule has 0 saturated heterocycles. The predicted molar refractivity (Wildman–Crippen MR) is 94.0 cm³/mol. The lowest BCUT2D eigenvalue weighted by Crippen LogP contribution is -2.37. The average molecular weight is 326 g/mol. The van der Waals surface area contributed by atoms with Crippen LogP contribution in [0.25, 0.3) is 0 Å². The summed E-state index contributed by atoms with van der Waals surface area (Å²) in [6, 6.07) is 11.0. The summed E-state index contributed by atoms with van der Waals surface area (Å²) < 4.78 is 5.09. The Balaban J connectivity index is 1.53. The summed E-state index contributed by atoms with van der Waals surface area (Å²) in [4.78, 5) is 16.2. The Hall–Kier alpha value is -2.76. The number of carbonyl (C=O) groups is 1. The second-order valence-electron chi connectivity index (χ2n) is 5.88. The van der Waals surface area contributed by atoms with Gasteiger partial charge in [0.05, 0.1) is 6.26 Å². The first-order valence-corrected chi connectivity index (χ1v) is 8.13. The third-order valence-corrected chi connectivity index (χ3v) is 3.87. The van der Waals surface area contributed by atoms with E-state index >= 15 is 0 Å². The molecule has 0 unspecified atom stereocenters. The van der Waals surface area contributed by atoms with E-state index in [9.17, 15) is 4.79 Å². The molecule has 1 fully saturated rings. The summed E-state index contributed by atoms with van der Waals surface area (Å²) in [5.41, 5.74) is 1.79. The molecule has 1 aliphatic carbocycles. The number of hydrogen-bond donors (Lipinski definition) is 3.